The molecule has 5 atom stereocenters. The predicted molar refractivity (Wildman–Crippen MR) is 277 cm³/mol. The molecule has 5 aliphatic heterocycles. The number of benzene rings is 3. The van der Waals surface area contributed by atoms with Crippen molar-refractivity contribution in [1.29, 1.82) is 0 Å². The normalized spacial score (nSPS) is 20.1. The molecule has 0 bridgehead atoms. The van der Waals surface area contributed by atoms with E-state index in [1.165, 1.54) is 31.6 Å². The number of ether oxygens (including phenoxy) is 3. The van der Waals surface area contributed by atoms with Crippen LogP contribution in [0.3, 0.4) is 0 Å². The zero-order valence-corrected chi connectivity index (χ0v) is 42.5. The van der Waals surface area contributed by atoms with Crippen LogP contribution < -0.4 is 15.4 Å². The number of carbonyl (C=O) groups is 4. The summed E-state index contributed by atoms with van der Waals surface area (Å²) in [4.78, 5) is 71.1. The highest BCUT2D eigenvalue weighted by Gasteiger charge is 2.41. The number of methoxy groups -OCH3 is 2. The summed E-state index contributed by atoms with van der Waals surface area (Å²) < 4.78 is 35.7. The third kappa shape index (κ3) is 9.16. The average molecular weight is 1020 g/mol. The molecule has 1 unspecified atom stereocenters. The fraction of sp³-hybridized carbons (Fsp3) is 0.389. The lowest BCUT2D eigenvalue weighted by Crippen LogP contribution is -2.53. The summed E-state index contributed by atoms with van der Waals surface area (Å²) in [5.41, 5.74) is 7.80. The molecule has 0 radical (unpaired) electrons. The van der Waals surface area contributed by atoms with Gasteiger partial charge in [0.25, 0.3) is 0 Å². The number of hydrogen-bond acceptors (Lipinski definition) is 11. The Morgan fingerprint density at radius 1 is 0.764 bits per heavy atom. The second-order valence-electron chi connectivity index (χ2n) is 19.5. The van der Waals surface area contributed by atoms with E-state index in [-0.39, 0.29) is 35.7 Å². The molecule has 72 heavy (non-hydrogen) atoms. The first kappa shape index (κ1) is 48.8. The maximum atomic E-state index is 17.1. The standard InChI is InChI=1S/C54H56ClFN8O7S/c1-28(2)47(60-53(67)69-5)50(65)62-17-7-9-41(62)38-21-34(25-57-38)31-13-16-40-33(19-31)23-43-46-37(56)20-32(24-44(46)71-52(64(40)43)45-27-59-49(72-45)30-11-14-36(55)15-12-30)35-22-39(58-26-35)42-10-8-18-63(42)51(66)48(29(3)4)61-54(68)70-6/h11-16,19-20,23-29,41-42,47-48,52H,7-10,17-18,21-22H2,1-6H3,(H,60,67)(H,61,68)/t41-,42-,47-,48-,52?/m0/s1. The second kappa shape index (κ2) is 20.0. The van der Waals surface area contributed by atoms with E-state index in [2.05, 4.69) is 16.7 Å². The fourth-order valence-corrected chi connectivity index (χ4v) is 11.7. The van der Waals surface area contributed by atoms with E-state index in [4.69, 9.17) is 40.8 Å². The number of thiazole rings is 1. The van der Waals surface area contributed by atoms with E-state index in [1.807, 2.05) is 91.9 Å². The van der Waals surface area contributed by atoms with E-state index in [0.29, 0.717) is 53.5 Å². The molecule has 2 N–H and O–H groups in total. The molecular formula is C54H56ClFN8O7S. The van der Waals surface area contributed by atoms with Gasteiger partial charge >= 0.3 is 12.2 Å². The van der Waals surface area contributed by atoms with Crippen LogP contribution in [0.4, 0.5) is 14.0 Å². The minimum Gasteiger partial charge on any atom is -0.464 e. The first-order chi connectivity index (χ1) is 34.7. The molecule has 5 aliphatic rings. The minimum absolute atomic E-state index is 0.143. The molecule has 0 saturated carbocycles. The molecule has 0 aliphatic carbocycles. The van der Waals surface area contributed by atoms with E-state index in [1.54, 1.807) is 17.3 Å². The molecule has 2 saturated heterocycles. The summed E-state index contributed by atoms with van der Waals surface area (Å²) in [6.45, 7) is 8.66. The molecule has 2 fully saturated rings. The number of rotatable bonds is 12. The first-order valence-corrected chi connectivity index (χ1v) is 25.6. The summed E-state index contributed by atoms with van der Waals surface area (Å²) >= 11 is 7.72. The van der Waals surface area contributed by atoms with Gasteiger partial charge in [0.05, 0.1) is 48.0 Å². The van der Waals surface area contributed by atoms with Crippen molar-refractivity contribution in [2.45, 2.75) is 96.6 Å². The molecule has 3 aromatic carbocycles. The number of carbonyl (C=O) groups excluding carboxylic acids is 4. The third-order valence-electron chi connectivity index (χ3n) is 14.4. The zero-order valence-electron chi connectivity index (χ0n) is 40.9. The van der Waals surface area contributed by atoms with Crippen molar-refractivity contribution < 1.29 is 37.8 Å². The Morgan fingerprint density at radius 2 is 1.33 bits per heavy atom. The lowest BCUT2D eigenvalue weighted by molar-refractivity contribution is -0.134. The van der Waals surface area contributed by atoms with Gasteiger partial charge in [0.1, 0.15) is 28.7 Å². The number of aliphatic imine (C=N–C) groups is 2. The van der Waals surface area contributed by atoms with Crippen molar-refractivity contribution in [1.82, 2.24) is 30.0 Å². The lowest BCUT2D eigenvalue weighted by Gasteiger charge is -2.31. The molecule has 4 amide bonds. The van der Waals surface area contributed by atoms with Crippen molar-refractivity contribution in [2.24, 2.45) is 21.8 Å². The Bertz CT molecular complexity index is 3120. The van der Waals surface area contributed by atoms with Gasteiger partial charge in [-0.2, -0.15) is 0 Å². The number of nitrogens with one attached hydrogen (secondary N) is 2. The molecular weight excluding hydrogens is 959 g/mol. The van der Waals surface area contributed by atoms with Crippen molar-refractivity contribution in [3.63, 3.8) is 0 Å². The molecule has 374 valence electrons. The highest BCUT2D eigenvalue weighted by Crippen LogP contribution is 2.49. The van der Waals surface area contributed by atoms with Crippen LogP contribution >= 0.6 is 22.9 Å². The van der Waals surface area contributed by atoms with E-state index >= 15 is 4.39 Å². The van der Waals surface area contributed by atoms with Gasteiger partial charge in [-0.25, -0.2) is 19.0 Å². The third-order valence-corrected chi connectivity index (χ3v) is 15.7. The van der Waals surface area contributed by atoms with Crippen molar-refractivity contribution in [3.05, 3.63) is 106 Å². The Balaban J connectivity index is 0.939. The van der Waals surface area contributed by atoms with Crippen molar-refractivity contribution in [2.75, 3.05) is 27.3 Å². The van der Waals surface area contributed by atoms with Gasteiger partial charge in [0, 0.05) is 71.9 Å². The number of amides is 4. The van der Waals surface area contributed by atoms with Crippen LogP contribution in [0.1, 0.15) is 88.5 Å². The summed E-state index contributed by atoms with van der Waals surface area (Å²) in [5.74, 6) is -0.727. The number of halogens is 2. The van der Waals surface area contributed by atoms with E-state index < -0.39 is 36.3 Å². The van der Waals surface area contributed by atoms with Gasteiger partial charge in [-0.15, -0.1) is 11.3 Å². The van der Waals surface area contributed by atoms with Gasteiger partial charge in [-0.3, -0.25) is 24.1 Å². The van der Waals surface area contributed by atoms with Gasteiger partial charge < -0.3 is 34.6 Å². The van der Waals surface area contributed by atoms with Crippen LogP contribution in [-0.2, 0) is 19.1 Å². The lowest BCUT2D eigenvalue weighted by atomic mass is 9.95. The Labute approximate surface area is 425 Å². The summed E-state index contributed by atoms with van der Waals surface area (Å²) in [5, 5.41) is 7.71. The fourth-order valence-electron chi connectivity index (χ4n) is 10.6. The Kier molecular flexibility index (Phi) is 13.5. The molecule has 15 nitrogen and oxygen atoms in total. The molecule has 18 heteroatoms. The van der Waals surface area contributed by atoms with E-state index in [9.17, 15) is 19.2 Å². The maximum absolute atomic E-state index is 17.1. The largest absolute Gasteiger partial charge is 0.464 e. The smallest absolute Gasteiger partial charge is 0.407 e. The second-order valence-corrected chi connectivity index (χ2v) is 21.0. The van der Waals surface area contributed by atoms with Crippen LogP contribution in [0.5, 0.6) is 5.75 Å². The molecule has 2 aromatic heterocycles. The highest BCUT2D eigenvalue weighted by atomic mass is 35.5. The maximum Gasteiger partial charge on any atom is 0.407 e. The average Bonchev–Trinajstić information content (AvgIpc) is 4.24. The Morgan fingerprint density at radius 3 is 1.90 bits per heavy atom. The van der Waals surface area contributed by atoms with Crippen LogP contribution in [-0.4, -0.2) is 106 Å². The van der Waals surface area contributed by atoms with Gasteiger partial charge in [-0.05, 0) is 102 Å². The summed E-state index contributed by atoms with van der Waals surface area (Å²) in [6, 6.07) is 17.2. The number of nitrogens with zero attached hydrogens (tertiary/aromatic N) is 6. The van der Waals surface area contributed by atoms with Gasteiger partial charge in [0.15, 0.2) is 0 Å². The van der Waals surface area contributed by atoms with Crippen molar-refractivity contribution in [3.8, 4) is 27.6 Å². The van der Waals surface area contributed by atoms with Crippen LogP contribution in [0.25, 0.3) is 43.9 Å². The number of likely N-dealkylation sites (tertiary alicyclic amines) is 2. The van der Waals surface area contributed by atoms with Gasteiger partial charge in [-0.1, -0.05) is 57.5 Å². The van der Waals surface area contributed by atoms with Crippen LogP contribution in [0.15, 0.2) is 89.2 Å². The minimum atomic E-state index is -0.758. The summed E-state index contributed by atoms with van der Waals surface area (Å²) in [6.07, 6.45) is 7.49. The molecule has 10 rings (SSSR count). The van der Waals surface area contributed by atoms with Crippen molar-refractivity contribution >= 4 is 80.4 Å². The monoisotopic (exact) mass is 1010 g/mol. The number of allylic oxidation sites excluding steroid dienone is 2. The van der Waals surface area contributed by atoms with Crippen LogP contribution in [0.2, 0.25) is 5.02 Å². The van der Waals surface area contributed by atoms with E-state index in [0.717, 1.165) is 80.2 Å². The topological polar surface area (TPSA) is 169 Å². The number of alkyl carbamates (subject to hydrolysis) is 2. The molecule has 5 aromatic rings. The first-order valence-electron chi connectivity index (χ1n) is 24.4. The van der Waals surface area contributed by atoms with Gasteiger partial charge in [0.2, 0.25) is 18.0 Å². The molecule has 7 heterocycles. The Hall–Kier alpha value is -6.85. The quantitative estimate of drug-likeness (QED) is 0.124. The number of aromatic nitrogens is 2. The molecule has 0 spiro atoms. The number of hydrogen-bond donors (Lipinski definition) is 2. The van der Waals surface area contributed by atoms with Crippen LogP contribution in [0, 0.1) is 17.7 Å². The SMILES string of the molecule is COC(=O)N[C@H](C(=O)N1CCC[C@H]1C1=NC=C(c2cc(F)c3c(c2)OC(c2cnc(-c4ccc(Cl)cc4)s2)n2c-3cc3cc(C4=CN=C([C@@H]5CCCN5C(=O)[C@@H](NC(=O)OC)C(C)C)C4)ccc32)C1)C(C)C. The summed E-state index contributed by atoms with van der Waals surface area (Å²) in [7, 11) is 2.56. The zero-order chi connectivity index (χ0) is 50.5. The highest BCUT2D eigenvalue weighted by molar-refractivity contribution is 7.15. The number of fused-ring (bicyclic) bond motifs is 5. The predicted octanol–water partition coefficient (Wildman–Crippen LogP) is 10.3.